The number of halogens is 1. The van der Waals surface area contributed by atoms with Crippen molar-refractivity contribution < 1.29 is 4.74 Å². The second-order valence-corrected chi connectivity index (χ2v) is 5.89. The summed E-state index contributed by atoms with van der Waals surface area (Å²) in [5.74, 6) is 0.714. The third-order valence-electron chi connectivity index (χ3n) is 3.00. The summed E-state index contributed by atoms with van der Waals surface area (Å²) in [6.45, 7) is 2.09. The van der Waals surface area contributed by atoms with E-state index in [0.717, 1.165) is 21.5 Å². The summed E-state index contributed by atoms with van der Waals surface area (Å²) in [6, 6.07) is 12.2. The Hall–Kier alpha value is -1.13. The molecular formula is C14H12BrNOS. The molecule has 1 aromatic carbocycles. The number of rotatable bonds is 2. The second-order valence-electron chi connectivity index (χ2n) is 4.38. The fourth-order valence-electron chi connectivity index (χ4n) is 2.02. The van der Waals surface area contributed by atoms with E-state index in [1.807, 2.05) is 35.7 Å². The summed E-state index contributed by atoms with van der Waals surface area (Å²) in [5.41, 5.74) is 1.76. The van der Waals surface area contributed by atoms with Gasteiger partial charge in [-0.1, -0.05) is 40.2 Å². The molecular weight excluding hydrogens is 310 g/mol. The van der Waals surface area contributed by atoms with Crippen LogP contribution in [0.15, 0.2) is 46.8 Å². The van der Waals surface area contributed by atoms with Crippen LogP contribution in [0.2, 0.25) is 0 Å². The molecule has 1 atom stereocenters. The van der Waals surface area contributed by atoms with Gasteiger partial charge in [0, 0.05) is 10.9 Å². The standard InChI is InChI=1S/C14H12BrNOS/c1-14(9-15)10-5-2-3-6-11(10)16-13(17-14)12-7-4-8-18-12/h2-8H,9H2,1H3/t14-/m0/s1. The van der Waals surface area contributed by atoms with Crippen LogP contribution in [0, 0.1) is 0 Å². The number of fused-ring (bicyclic) bond motifs is 1. The number of thiophene rings is 1. The van der Waals surface area contributed by atoms with E-state index >= 15 is 0 Å². The lowest BCUT2D eigenvalue weighted by molar-refractivity contribution is 0.0984. The van der Waals surface area contributed by atoms with Gasteiger partial charge in [0.25, 0.3) is 0 Å². The average molecular weight is 322 g/mol. The molecule has 0 fully saturated rings. The van der Waals surface area contributed by atoms with Gasteiger partial charge in [-0.25, -0.2) is 4.99 Å². The number of para-hydroxylation sites is 1. The van der Waals surface area contributed by atoms with Gasteiger partial charge < -0.3 is 4.74 Å². The minimum Gasteiger partial charge on any atom is -0.464 e. The molecule has 0 N–H and O–H groups in total. The van der Waals surface area contributed by atoms with Crippen LogP contribution in [-0.2, 0) is 10.3 Å². The van der Waals surface area contributed by atoms with Crippen LogP contribution >= 0.6 is 27.3 Å². The van der Waals surface area contributed by atoms with Gasteiger partial charge in [-0.3, -0.25) is 0 Å². The molecule has 0 amide bonds. The zero-order valence-corrected chi connectivity index (χ0v) is 12.3. The maximum atomic E-state index is 6.11. The van der Waals surface area contributed by atoms with Crippen molar-refractivity contribution in [2.45, 2.75) is 12.5 Å². The Morgan fingerprint density at radius 1 is 1.28 bits per heavy atom. The summed E-state index contributed by atoms with van der Waals surface area (Å²) in [7, 11) is 0. The van der Waals surface area contributed by atoms with Crippen LogP contribution in [-0.4, -0.2) is 11.2 Å². The van der Waals surface area contributed by atoms with Crippen molar-refractivity contribution in [2.75, 3.05) is 5.33 Å². The SMILES string of the molecule is C[C@@]1(CBr)OC(c2cccs2)=Nc2ccccc21. The molecule has 3 rings (SSSR count). The van der Waals surface area contributed by atoms with Crippen LogP contribution in [0.5, 0.6) is 0 Å². The molecule has 1 aliphatic rings. The van der Waals surface area contributed by atoms with E-state index in [1.165, 1.54) is 0 Å². The van der Waals surface area contributed by atoms with Crippen LogP contribution in [0.1, 0.15) is 17.4 Å². The zero-order chi connectivity index (χ0) is 12.6. The van der Waals surface area contributed by atoms with Crippen molar-refractivity contribution in [1.82, 2.24) is 0 Å². The molecule has 1 aromatic heterocycles. The third-order valence-corrected chi connectivity index (χ3v) is 4.93. The van der Waals surface area contributed by atoms with Gasteiger partial charge >= 0.3 is 0 Å². The molecule has 0 radical (unpaired) electrons. The topological polar surface area (TPSA) is 21.6 Å². The van der Waals surface area contributed by atoms with Crippen molar-refractivity contribution in [1.29, 1.82) is 0 Å². The Labute approximate surface area is 118 Å². The monoisotopic (exact) mass is 321 g/mol. The molecule has 2 heterocycles. The highest BCUT2D eigenvalue weighted by Gasteiger charge is 2.35. The largest absolute Gasteiger partial charge is 0.464 e. The summed E-state index contributed by atoms with van der Waals surface area (Å²) < 4.78 is 6.11. The zero-order valence-electron chi connectivity index (χ0n) is 9.89. The molecule has 2 aromatic rings. The molecule has 0 unspecified atom stereocenters. The van der Waals surface area contributed by atoms with Crippen molar-refractivity contribution in [3.63, 3.8) is 0 Å². The van der Waals surface area contributed by atoms with Gasteiger partial charge in [0.2, 0.25) is 5.90 Å². The maximum Gasteiger partial charge on any atom is 0.232 e. The molecule has 0 bridgehead atoms. The highest BCUT2D eigenvalue weighted by Crippen LogP contribution is 2.39. The van der Waals surface area contributed by atoms with E-state index in [9.17, 15) is 0 Å². The first kappa shape index (κ1) is 11.9. The van der Waals surface area contributed by atoms with Crippen LogP contribution in [0.4, 0.5) is 5.69 Å². The van der Waals surface area contributed by atoms with E-state index in [-0.39, 0.29) is 5.60 Å². The van der Waals surface area contributed by atoms with Crippen molar-refractivity contribution in [3.05, 3.63) is 52.2 Å². The fourth-order valence-corrected chi connectivity index (χ4v) is 3.09. The van der Waals surface area contributed by atoms with Crippen LogP contribution in [0.3, 0.4) is 0 Å². The van der Waals surface area contributed by atoms with Crippen molar-refractivity contribution in [2.24, 2.45) is 4.99 Å². The molecule has 2 nitrogen and oxygen atoms in total. The molecule has 0 saturated heterocycles. The molecule has 4 heteroatoms. The lowest BCUT2D eigenvalue weighted by Crippen LogP contribution is -2.33. The van der Waals surface area contributed by atoms with Crippen LogP contribution in [0.25, 0.3) is 0 Å². The first-order valence-corrected chi connectivity index (χ1v) is 7.70. The number of hydrogen-bond donors (Lipinski definition) is 0. The highest BCUT2D eigenvalue weighted by atomic mass is 79.9. The first-order chi connectivity index (χ1) is 8.73. The second kappa shape index (κ2) is 4.52. The Morgan fingerprint density at radius 3 is 2.83 bits per heavy atom. The van der Waals surface area contributed by atoms with E-state index in [0.29, 0.717) is 5.90 Å². The van der Waals surface area contributed by atoms with Gasteiger partial charge in [-0.05, 0) is 24.4 Å². The number of benzene rings is 1. The van der Waals surface area contributed by atoms with Gasteiger partial charge in [-0.15, -0.1) is 11.3 Å². The average Bonchev–Trinajstić information content (AvgIpc) is 2.93. The molecule has 0 spiro atoms. The number of aliphatic imine (C=N–C) groups is 1. The lowest BCUT2D eigenvalue weighted by atomic mass is 9.95. The minimum absolute atomic E-state index is 0.363. The number of ether oxygens (including phenoxy) is 1. The normalized spacial score (nSPS) is 22.0. The fraction of sp³-hybridized carbons (Fsp3) is 0.214. The third kappa shape index (κ3) is 1.89. The summed E-state index contributed by atoms with van der Waals surface area (Å²) >= 11 is 5.20. The summed E-state index contributed by atoms with van der Waals surface area (Å²) in [5, 5.41) is 2.77. The summed E-state index contributed by atoms with van der Waals surface area (Å²) in [6.07, 6.45) is 0. The first-order valence-electron chi connectivity index (χ1n) is 5.70. The van der Waals surface area contributed by atoms with E-state index in [2.05, 4.69) is 33.9 Å². The van der Waals surface area contributed by atoms with Crippen molar-refractivity contribution in [3.8, 4) is 0 Å². The molecule has 0 saturated carbocycles. The van der Waals surface area contributed by atoms with E-state index in [1.54, 1.807) is 11.3 Å². The maximum absolute atomic E-state index is 6.11. The number of nitrogens with zero attached hydrogens (tertiary/aromatic N) is 1. The van der Waals surface area contributed by atoms with Crippen LogP contribution < -0.4 is 0 Å². The number of alkyl halides is 1. The molecule has 18 heavy (non-hydrogen) atoms. The Morgan fingerprint density at radius 2 is 2.11 bits per heavy atom. The predicted octanol–water partition coefficient (Wildman–Crippen LogP) is 4.47. The van der Waals surface area contributed by atoms with Gasteiger partial charge in [0.1, 0.15) is 5.60 Å². The van der Waals surface area contributed by atoms with Gasteiger partial charge in [-0.2, -0.15) is 0 Å². The molecule has 92 valence electrons. The van der Waals surface area contributed by atoms with Crippen molar-refractivity contribution >= 4 is 38.9 Å². The Kier molecular flexibility index (Phi) is 2.99. The predicted molar refractivity (Wildman–Crippen MR) is 79.2 cm³/mol. The van der Waals surface area contributed by atoms with E-state index < -0.39 is 0 Å². The summed E-state index contributed by atoms with van der Waals surface area (Å²) in [4.78, 5) is 5.68. The van der Waals surface area contributed by atoms with E-state index in [4.69, 9.17) is 4.74 Å². The Bertz CT molecular complexity index is 594. The minimum atomic E-state index is -0.363. The molecule has 1 aliphatic heterocycles. The van der Waals surface area contributed by atoms with Gasteiger partial charge in [0.15, 0.2) is 0 Å². The Balaban J connectivity index is 2.15. The molecule has 0 aliphatic carbocycles. The smallest absolute Gasteiger partial charge is 0.232 e. The number of hydrogen-bond acceptors (Lipinski definition) is 3. The lowest BCUT2D eigenvalue weighted by Gasteiger charge is -2.33. The quantitative estimate of drug-likeness (QED) is 0.748. The highest BCUT2D eigenvalue weighted by molar-refractivity contribution is 9.09. The van der Waals surface area contributed by atoms with Gasteiger partial charge in [0.05, 0.1) is 10.6 Å².